The third-order valence-electron chi connectivity index (χ3n) is 2.47. The quantitative estimate of drug-likeness (QED) is 0.621. The molecular formula is C13H16BrNO3. The monoisotopic (exact) mass is 313 g/mol. The van der Waals surface area contributed by atoms with Crippen LogP contribution in [0, 0.1) is 0 Å². The lowest BCUT2D eigenvalue weighted by molar-refractivity contribution is -0.113. The van der Waals surface area contributed by atoms with Crippen LogP contribution in [0.3, 0.4) is 0 Å². The lowest BCUT2D eigenvalue weighted by atomic mass is 10.3. The Morgan fingerprint density at radius 3 is 2.94 bits per heavy atom. The fraction of sp³-hybridized carbons (Fsp3) is 0.462. The molecule has 0 atom stereocenters. The Morgan fingerprint density at radius 1 is 1.39 bits per heavy atom. The van der Waals surface area contributed by atoms with Crippen LogP contribution in [0.1, 0.15) is 12.8 Å². The highest BCUT2D eigenvalue weighted by molar-refractivity contribution is 9.09. The van der Waals surface area contributed by atoms with Gasteiger partial charge in [-0.1, -0.05) is 22.0 Å². The second-order valence-electron chi connectivity index (χ2n) is 4.13. The van der Waals surface area contributed by atoms with Crippen molar-refractivity contribution >= 4 is 27.5 Å². The standard InChI is InChI=1S/C13H16BrNO3/c14-9-13(16)15-10-2-1-3-12(8-10)18-7-6-17-11-4-5-11/h1-3,8,11H,4-7,9H2,(H,15,16). The smallest absolute Gasteiger partial charge is 0.235 e. The minimum atomic E-state index is -0.0794. The fourth-order valence-corrected chi connectivity index (χ4v) is 1.61. The van der Waals surface area contributed by atoms with E-state index in [0.29, 0.717) is 19.3 Å². The summed E-state index contributed by atoms with van der Waals surface area (Å²) in [6, 6.07) is 7.34. The molecule has 1 aliphatic carbocycles. The van der Waals surface area contributed by atoms with E-state index < -0.39 is 0 Å². The van der Waals surface area contributed by atoms with Crippen LogP contribution in [0.5, 0.6) is 5.75 Å². The van der Waals surface area contributed by atoms with Gasteiger partial charge in [-0.3, -0.25) is 4.79 Å². The average molecular weight is 314 g/mol. The Morgan fingerprint density at radius 2 is 2.22 bits per heavy atom. The van der Waals surface area contributed by atoms with Crippen molar-refractivity contribution in [2.45, 2.75) is 18.9 Å². The number of ether oxygens (including phenoxy) is 2. The average Bonchev–Trinajstić information content (AvgIpc) is 3.19. The van der Waals surface area contributed by atoms with Crippen LogP contribution in [0.15, 0.2) is 24.3 Å². The summed E-state index contributed by atoms with van der Waals surface area (Å²) >= 11 is 3.10. The van der Waals surface area contributed by atoms with Crippen molar-refractivity contribution in [1.82, 2.24) is 0 Å². The second-order valence-corrected chi connectivity index (χ2v) is 4.69. The molecule has 1 saturated carbocycles. The van der Waals surface area contributed by atoms with E-state index in [4.69, 9.17) is 9.47 Å². The molecule has 0 radical (unpaired) electrons. The predicted octanol–water partition coefficient (Wildman–Crippen LogP) is 2.58. The first kappa shape index (κ1) is 13.4. The Hall–Kier alpha value is -1.07. The van der Waals surface area contributed by atoms with Gasteiger partial charge in [0.15, 0.2) is 0 Å². The van der Waals surface area contributed by atoms with Crippen LogP contribution in [0.25, 0.3) is 0 Å². The summed E-state index contributed by atoms with van der Waals surface area (Å²) < 4.78 is 11.0. The van der Waals surface area contributed by atoms with E-state index in [0.717, 1.165) is 11.4 Å². The number of amides is 1. The molecule has 2 rings (SSSR count). The molecule has 18 heavy (non-hydrogen) atoms. The SMILES string of the molecule is O=C(CBr)Nc1cccc(OCCOC2CC2)c1. The molecule has 0 unspecified atom stereocenters. The summed E-state index contributed by atoms with van der Waals surface area (Å²) in [6.45, 7) is 1.15. The van der Waals surface area contributed by atoms with Gasteiger partial charge in [0.2, 0.25) is 5.91 Å². The normalized spacial score (nSPS) is 14.3. The van der Waals surface area contributed by atoms with Crippen molar-refractivity contribution < 1.29 is 14.3 Å². The molecule has 98 valence electrons. The summed E-state index contributed by atoms with van der Waals surface area (Å²) in [6.07, 6.45) is 2.81. The van der Waals surface area contributed by atoms with Gasteiger partial charge >= 0.3 is 0 Å². The second kappa shape index (κ2) is 6.75. The fourth-order valence-electron chi connectivity index (χ4n) is 1.47. The highest BCUT2D eigenvalue weighted by Crippen LogP contribution is 2.23. The summed E-state index contributed by atoms with van der Waals surface area (Å²) in [5.74, 6) is 0.658. The zero-order valence-electron chi connectivity index (χ0n) is 10.0. The lowest BCUT2D eigenvalue weighted by Gasteiger charge is -2.08. The molecule has 1 fully saturated rings. The summed E-state index contributed by atoms with van der Waals surface area (Å²) in [4.78, 5) is 11.2. The summed E-state index contributed by atoms with van der Waals surface area (Å²) in [5, 5.41) is 3.04. The predicted molar refractivity (Wildman–Crippen MR) is 73.3 cm³/mol. The largest absolute Gasteiger partial charge is 0.491 e. The first-order chi connectivity index (χ1) is 8.78. The minimum Gasteiger partial charge on any atom is -0.491 e. The first-order valence-electron chi connectivity index (χ1n) is 5.98. The molecule has 4 nitrogen and oxygen atoms in total. The number of rotatable bonds is 7. The number of alkyl halides is 1. The minimum absolute atomic E-state index is 0.0794. The van der Waals surface area contributed by atoms with E-state index in [9.17, 15) is 4.79 Å². The highest BCUT2D eigenvalue weighted by atomic mass is 79.9. The maximum atomic E-state index is 11.2. The van der Waals surface area contributed by atoms with Gasteiger partial charge in [-0.25, -0.2) is 0 Å². The zero-order valence-corrected chi connectivity index (χ0v) is 11.6. The van der Waals surface area contributed by atoms with Crippen molar-refractivity contribution in [2.75, 3.05) is 23.9 Å². The Kier molecular flexibility index (Phi) is 5.01. The molecule has 0 heterocycles. The van der Waals surface area contributed by atoms with Gasteiger partial charge in [0.25, 0.3) is 0 Å². The van der Waals surface area contributed by atoms with Crippen molar-refractivity contribution in [3.05, 3.63) is 24.3 Å². The lowest BCUT2D eigenvalue weighted by Crippen LogP contribution is -2.12. The molecule has 0 spiro atoms. The topological polar surface area (TPSA) is 47.6 Å². The van der Waals surface area contributed by atoms with Gasteiger partial charge in [0.1, 0.15) is 12.4 Å². The molecular weight excluding hydrogens is 298 g/mol. The van der Waals surface area contributed by atoms with E-state index in [1.54, 1.807) is 6.07 Å². The molecule has 0 bridgehead atoms. The van der Waals surface area contributed by atoms with Crippen LogP contribution in [-0.4, -0.2) is 30.6 Å². The van der Waals surface area contributed by atoms with E-state index in [1.165, 1.54) is 12.8 Å². The van der Waals surface area contributed by atoms with Crippen molar-refractivity contribution in [1.29, 1.82) is 0 Å². The number of halogens is 1. The molecule has 1 aliphatic rings. The number of carbonyl (C=O) groups excluding carboxylic acids is 1. The van der Waals surface area contributed by atoms with E-state index >= 15 is 0 Å². The van der Waals surface area contributed by atoms with Gasteiger partial charge in [0.05, 0.1) is 18.0 Å². The molecule has 0 aliphatic heterocycles. The van der Waals surface area contributed by atoms with Crippen LogP contribution >= 0.6 is 15.9 Å². The number of nitrogens with one attached hydrogen (secondary N) is 1. The molecule has 1 aromatic rings. The van der Waals surface area contributed by atoms with Gasteiger partial charge in [-0.2, -0.15) is 0 Å². The first-order valence-corrected chi connectivity index (χ1v) is 7.10. The van der Waals surface area contributed by atoms with Crippen molar-refractivity contribution in [2.24, 2.45) is 0 Å². The highest BCUT2D eigenvalue weighted by Gasteiger charge is 2.21. The molecule has 1 N–H and O–H groups in total. The third kappa shape index (κ3) is 4.66. The van der Waals surface area contributed by atoms with Gasteiger partial charge in [-0.05, 0) is 25.0 Å². The van der Waals surface area contributed by atoms with Crippen molar-refractivity contribution in [3.8, 4) is 5.75 Å². The van der Waals surface area contributed by atoms with Gasteiger partial charge in [0, 0.05) is 11.8 Å². The van der Waals surface area contributed by atoms with Crippen LogP contribution in [0.2, 0.25) is 0 Å². The number of benzene rings is 1. The molecule has 5 heteroatoms. The molecule has 1 aromatic carbocycles. The van der Waals surface area contributed by atoms with E-state index in [1.807, 2.05) is 18.2 Å². The van der Waals surface area contributed by atoms with Crippen molar-refractivity contribution in [3.63, 3.8) is 0 Å². The van der Waals surface area contributed by atoms with Crippen LogP contribution in [0.4, 0.5) is 5.69 Å². The summed E-state index contributed by atoms with van der Waals surface area (Å²) in [5.41, 5.74) is 0.736. The molecule has 1 amide bonds. The van der Waals surface area contributed by atoms with Crippen LogP contribution < -0.4 is 10.1 Å². The Bertz CT molecular complexity index is 407. The molecule has 0 saturated heterocycles. The van der Waals surface area contributed by atoms with Gasteiger partial charge < -0.3 is 14.8 Å². The van der Waals surface area contributed by atoms with Gasteiger partial charge in [-0.15, -0.1) is 0 Å². The Balaban J connectivity index is 1.76. The van der Waals surface area contributed by atoms with E-state index in [-0.39, 0.29) is 11.2 Å². The number of hydrogen-bond acceptors (Lipinski definition) is 3. The maximum absolute atomic E-state index is 11.2. The maximum Gasteiger partial charge on any atom is 0.235 e. The number of anilines is 1. The van der Waals surface area contributed by atoms with E-state index in [2.05, 4.69) is 21.2 Å². The summed E-state index contributed by atoms with van der Waals surface area (Å²) in [7, 11) is 0. The molecule has 0 aromatic heterocycles. The number of hydrogen-bond donors (Lipinski definition) is 1. The number of carbonyl (C=O) groups is 1. The Labute approximate surface area is 115 Å². The third-order valence-corrected chi connectivity index (χ3v) is 2.98. The zero-order chi connectivity index (χ0) is 12.8. The van der Waals surface area contributed by atoms with Crippen LogP contribution in [-0.2, 0) is 9.53 Å².